The van der Waals surface area contributed by atoms with Crippen molar-refractivity contribution < 1.29 is 4.42 Å². The molecule has 1 heterocycles. The molecule has 0 fully saturated rings. The highest BCUT2D eigenvalue weighted by atomic mass is 16.3. The lowest BCUT2D eigenvalue weighted by Crippen LogP contribution is -1.95. The fraction of sp³-hybridized carbons (Fsp3) is 0.182. The van der Waals surface area contributed by atoms with Crippen LogP contribution in [0.15, 0.2) is 34.9 Å². The molecule has 0 amide bonds. The van der Waals surface area contributed by atoms with Crippen LogP contribution >= 0.6 is 0 Å². The largest absolute Gasteiger partial charge is 0.448 e. The fourth-order valence-corrected chi connectivity index (χ4v) is 1.34. The van der Waals surface area contributed by atoms with E-state index < -0.39 is 0 Å². The summed E-state index contributed by atoms with van der Waals surface area (Å²) >= 11 is 0. The number of anilines is 1. The third-order valence-corrected chi connectivity index (χ3v) is 2.06. The number of aryl methyl sites for hydroxylation is 1. The Morgan fingerprint density at radius 1 is 1.36 bits per heavy atom. The Morgan fingerprint density at radius 3 is 2.79 bits per heavy atom. The van der Waals surface area contributed by atoms with Crippen LogP contribution in [0.25, 0.3) is 0 Å². The van der Waals surface area contributed by atoms with E-state index in [0.29, 0.717) is 12.3 Å². The normalized spacial score (nSPS) is 10.4. The number of aromatic nitrogens is 1. The SMILES string of the molecule is Cc1coc(Cc2ccccc2N)n1. The van der Waals surface area contributed by atoms with Crippen LogP contribution in [-0.4, -0.2) is 4.98 Å². The van der Waals surface area contributed by atoms with Crippen LogP contribution in [0.1, 0.15) is 17.1 Å². The maximum absolute atomic E-state index is 5.81. The van der Waals surface area contributed by atoms with Crippen molar-refractivity contribution in [3.8, 4) is 0 Å². The summed E-state index contributed by atoms with van der Waals surface area (Å²) in [6, 6.07) is 7.74. The van der Waals surface area contributed by atoms with Gasteiger partial charge in [-0.1, -0.05) is 18.2 Å². The number of nitrogens with zero attached hydrogens (tertiary/aromatic N) is 1. The average Bonchev–Trinajstić information content (AvgIpc) is 2.56. The Balaban J connectivity index is 2.23. The molecule has 0 saturated heterocycles. The molecule has 0 atom stereocenters. The van der Waals surface area contributed by atoms with Crippen LogP contribution in [0.3, 0.4) is 0 Å². The predicted octanol–water partition coefficient (Wildman–Crippen LogP) is 2.16. The lowest BCUT2D eigenvalue weighted by molar-refractivity contribution is 0.506. The Labute approximate surface area is 82.6 Å². The average molecular weight is 188 g/mol. The van der Waals surface area contributed by atoms with Crippen molar-refractivity contribution in [2.45, 2.75) is 13.3 Å². The molecule has 3 nitrogen and oxygen atoms in total. The van der Waals surface area contributed by atoms with E-state index in [4.69, 9.17) is 10.2 Å². The van der Waals surface area contributed by atoms with Gasteiger partial charge < -0.3 is 10.2 Å². The van der Waals surface area contributed by atoms with E-state index in [2.05, 4.69) is 4.98 Å². The molecule has 2 aromatic rings. The standard InChI is InChI=1S/C11H12N2O/c1-8-7-14-11(13-8)6-9-4-2-3-5-10(9)12/h2-5,7H,6,12H2,1H3. The summed E-state index contributed by atoms with van der Waals surface area (Å²) in [5.74, 6) is 0.709. The van der Waals surface area contributed by atoms with Gasteiger partial charge in [-0.05, 0) is 18.6 Å². The van der Waals surface area contributed by atoms with Crippen molar-refractivity contribution in [1.82, 2.24) is 4.98 Å². The Hall–Kier alpha value is -1.77. The summed E-state index contributed by atoms with van der Waals surface area (Å²) in [6.45, 7) is 1.90. The van der Waals surface area contributed by atoms with Gasteiger partial charge in [0.15, 0.2) is 5.89 Å². The summed E-state index contributed by atoms with van der Waals surface area (Å²) < 4.78 is 5.26. The molecule has 0 aliphatic rings. The lowest BCUT2D eigenvalue weighted by atomic mass is 10.1. The molecule has 0 saturated carbocycles. The van der Waals surface area contributed by atoms with Crippen LogP contribution in [-0.2, 0) is 6.42 Å². The van der Waals surface area contributed by atoms with E-state index in [1.165, 1.54) is 0 Å². The number of hydrogen-bond acceptors (Lipinski definition) is 3. The van der Waals surface area contributed by atoms with Crippen molar-refractivity contribution in [1.29, 1.82) is 0 Å². The van der Waals surface area contributed by atoms with Crippen LogP contribution in [0, 0.1) is 6.92 Å². The van der Waals surface area contributed by atoms with Gasteiger partial charge in [0.2, 0.25) is 0 Å². The molecule has 0 aliphatic carbocycles. The summed E-state index contributed by atoms with van der Waals surface area (Å²) in [5.41, 5.74) is 8.53. The molecule has 2 rings (SSSR count). The quantitative estimate of drug-likeness (QED) is 0.735. The third-order valence-electron chi connectivity index (χ3n) is 2.06. The molecular formula is C11H12N2O. The number of hydrogen-bond donors (Lipinski definition) is 1. The van der Waals surface area contributed by atoms with Crippen molar-refractivity contribution >= 4 is 5.69 Å². The summed E-state index contributed by atoms with van der Waals surface area (Å²) in [6.07, 6.45) is 2.30. The Morgan fingerprint density at radius 2 is 2.14 bits per heavy atom. The zero-order valence-corrected chi connectivity index (χ0v) is 8.03. The van der Waals surface area contributed by atoms with Gasteiger partial charge in [-0.3, -0.25) is 0 Å². The van der Waals surface area contributed by atoms with E-state index in [9.17, 15) is 0 Å². The minimum atomic E-state index is 0.653. The van der Waals surface area contributed by atoms with Crippen molar-refractivity contribution in [2.24, 2.45) is 0 Å². The molecule has 2 N–H and O–H groups in total. The zero-order chi connectivity index (χ0) is 9.97. The molecule has 1 aromatic carbocycles. The van der Waals surface area contributed by atoms with E-state index in [-0.39, 0.29) is 0 Å². The third kappa shape index (κ3) is 1.76. The second-order valence-electron chi connectivity index (χ2n) is 3.26. The minimum absolute atomic E-state index is 0.653. The number of rotatable bonds is 2. The van der Waals surface area contributed by atoms with Crippen molar-refractivity contribution in [2.75, 3.05) is 5.73 Å². The number of nitrogens with two attached hydrogens (primary N) is 1. The zero-order valence-electron chi connectivity index (χ0n) is 8.03. The van der Waals surface area contributed by atoms with Gasteiger partial charge in [-0.15, -0.1) is 0 Å². The molecule has 0 radical (unpaired) electrons. The first-order chi connectivity index (χ1) is 6.75. The van der Waals surface area contributed by atoms with Gasteiger partial charge >= 0.3 is 0 Å². The molecule has 1 aromatic heterocycles. The van der Waals surface area contributed by atoms with E-state index >= 15 is 0 Å². The predicted molar refractivity (Wildman–Crippen MR) is 54.9 cm³/mol. The number of para-hydroxylation sites is 1. The molecule has 3 heteroatoms. The molecule has 14 heavy (non-hydrogen) atoms. The topological polar surface area (TPSA) is 52.0 Å². The molecular weight excluding hydrogens is 176 g/mol. The fourth-order valence-electron chi connectivity index (χ4n) is 1.34. The van der Waals surface area contributed by atoms with Gasteiger partial charge in [0.25, 0.3) is 0 Å². The van der Waals surface area contributed by atoms with Crippen LogP contribution in [0.5, 0.6) is 0 Å². The smallest absolute Gasteiger partial charge is 0.198 e. The van der Waals surface area contributed by atoms with Gasteiger partial charge in [0.05, 0.1) is 12.1 Å². The summed E-state index contributed by atoms with van der Waals surface area (Å²) in [4.78, 5) is 4.22. The van der Waals surface area contributed by atoms with Gasteiger partial charge in [0, 0.05) is 5.69 Å². The summed E-state index contributed by atoms with van der Waals surface area (Å²) in [7, 11) is 0. The highest BCUT2D eigenvalue weighted by molar-refractivity contribution is 5.47. The van der Waals surface area contributed by atoms with E-state index in [0.717, 1.165) is 16.9 Å². The van der Waals surface area contributed by atoms with E-state index in [1.54, 1.807) is 6.26 Å². The molecule has 72 valence electrons. The van der Waals surface area contributed by atoms with Crippen molar-refractivity contribution in [3.63, 3.8) is 0 Å². The molecule has 0 bridgehead atoms. The molecule has 0 spiro atoms. The number of oxazole rings is 1. The number of nitrogen functional groups attached to an aromatic ring is 1. The van der Waals surface area contributed by atoms with Crippen molar-refractivity contribution in [3.05, 3.63) is 47.7 Å². The maximum Gasteiger partial charge on any atom is 0.198 e. The second-order valence-corrected chi connectivity index (χ2v) is 3.26. The first kappa shape index (κ1) is 8.81. The number of benzene rings is 1. The maximum atomic E-state index is 5.81. The molecule has 0 aliphatic heterocycles. The van der Waals surface area contributed by atoms with Gasteiger partial charge in [0.1, 0.15) is 6.26 Å². The van der Waals surface area contributed by atoms with Crippen LogP contribution in [0.4, 0.5) is 5.69 Å². The van der Waals surface area contributed by atoms with Gasteiger partial charge in [-0.25, -0.2) is 4.98 Å². The van der Waals surface area contributed by atoms with E-state index in [1.807, 2.05) is 31.2 Å². The lowest BCUT2D eigenvalue weighted by Gasteiger charge is -2.01. The monoisotopic (exact) mass is 188 g/mol. The summed E-state index contributed by atoms with van der Waals surface area (Å²) in [5, 5.41) is 0. The van der Waals surface area contributed by atoms with Gasteiger partial charge in [-0.2, -0.15) is 0 Å². The Kier molecular flexibility index (Phi) is 2.23. The highest BCUT2D eigenvalue weighted by Gasteiger charge is 2.04. The first-order valence-corrected chi connectivity index (χ1v) is 4.50. The minimum Gasteiger partial charge on any atom is -0.448 e. The molecule has 0 unspecified atom stereocenters. The van der Waals surface area contributed by atoms with Crippen LogP contribution in [0.2, 0.25) is 0 Å². The van der Waals surface area contributed by atoms with Crippen LogP contribution < -0.4 is 5.73 Å². The highest BCUT2D eigenvalue weighted by Crippen LogP contribution is 2.15. The Bertz CT molecular complexity index is 434. The second kappa shape index (κ2) is 3.54. The first-order valence-electron chi connectivity index (χ1n) is 4.50.